The van der Waals surface area contributed by atoms with Gasteiger partial charge < -0.3 is 10.4 Å². The first-order valence-corrected chi connectivity index (χ1v) is 4.75. The van der Waals surface area contributed by atoms with Gasteiger partial charge >= 0.3 is 5.97 Å². The summed E-state index contributed by atoms with van der Waals surface area (Å²) in [5, 5.41) is 19.4. The molecule has 0 fully saturated rings. The van der Waals surface area contributed by atoms with Gasteiger partial charge in [0.1, 0.15) is 17.4 Å². The highest BCUT2D eigenvalue weighted by molar-refractivity contribution is 5.93. The number of aliphatic carboxylic acids is 1. The van der Waals surface area contributed by atoms with E-state index in [1.165, 1.54) is 12.1 Å². The Bertz CT molecular complexity index is 494. The number of halogens is 1. The molecule has 88 valence electrons. The molecule has 17 heavy (non-hydrogen) atoms. The fourth-order valence-corrected chi connectivity index (χ4v) is 1.18. The molecular formula is C11H9FN2O3. The molecule has 0 saturated heterocycles. The van der Waals surface area contributed by atoms with E-state index in [-0.39, 0.29) is 24.1 Å². The number of carbonyl (C=O) groups excluding carboxylic acids is 1. The topological polar surface area (TPSA) is 90.2 Å². The lowest BCUT2D eigenvalue weighted by Gasteiger charge is -2.06. The Morgan fingerprint density at radius 3 is 2.71 bits per heavy atom. The van der Waals surface area contributed by atoms with Crippen LogP contribution < -0.4 is 5.32 Å². The van der Waals surface area contributed by atoms with Crippen molar-refractivity contribution in [2.45, 2.75) is 12.8 Å². The molecule has 0 aromatic heterocycles. The van der Waals surface area contributed by atoms with E-state index in [1.54, 1.807) is 6.07 Å². The molecule has 1 aromatic rings. The van der Waals surface area contributed by atoms with Crippen molar-refractivity contribution in [2.24, 2.45) is 0 Å². The van der Waals surface area contributed by atoms with Crippen molar-refractivity contribution in [2.75, 3.05) is 5.32 Å². The van der Waals surface area contributed by atoms with Gasteiger partial charge in [-0.1, -0.05) is 6.07 Å². The smallest absolute Gasteiger partial charge is 0.303 e. The molecule has 0 saturated carbocycles. The molecule has 1 rings (SSSR count). The number of carboxylic acids is 1. The number of carboxylic acid groups (broad SMARTS) is 1. The van der Waals surface area contributed by atoms with Gasteiger partial charge in [0.2, 0.25) is 5.91 Å². The van der Waals surface area contributed by atoms with E-state index in [4.69, 9.17) is 10.4 Å². The number of anilines is 1. The summed E-state index contributed by atoms with van der Waals surface area (Å²) in [6.07, 6.45) is -0.542. The SMILES string of the molecule is N#Cc1c(F)cccc1NC(=O)CCC(=O)O. The number of benzene rings is 1. The van der Waals surface area contributed by atoms with E-state index in [1.807, 2.05) is 0 Å². The van der Waals surface area contributed by atoms with Gasteiger partial charge in [0.05, 0.1) is 12.1 Å². The van der Waals surface area contributed by atoms with Crippen LogP contribution in [0.5, 0.6) is 0 Å². The van der Waals surface area contributed by atoms with Crippen LogP contribution in [0.4, 0.5) is 10.1 Å². The van der Waals surface area contributed by atoms with Gasteiger partial charge in [-0.3, -0.25) is 9.59 Å². The Morgan fingerprint density at radius 1 is 1.41 bits per heavy atom. The molecule has 6 heteroatoms. The second kappa shape index (κ2) is 5.61. The summed E-state index contributed by atoms with van der Waals surface area (Å²) in [7, 11) is 0. The molecule has 1 amide bonds. The minimum atomic E-state index is -1.10. The van der Waals surface area contributed by atoms with Crippen molar-refractivity contribution < 1.29 is 19.1 Å². The average molecular weight is 236 g/mol. The lowest BCUT2D eigenvalue weighted by atomic mass is 10.1. The highest BCUT2D eigenvalue weighted by atomic mass is 19.1. The van der Waals surface area contributed by atoms with E-state index in [2.05, 4.69) is 5.32 Å². The molecule has 0 unspecified atom stereocenters. The maximum absolute atomic E-state index is 13.1. The predicted octanol–water partition coefficient (Wildman–Crippen LogP) is 1.50. The van der Waals surface area contributed by atoms with Crippen LogP contribution in [0.3, 0.4) is 0 Å². The number of amides is 1. The van der Waals surface area contributed by atoms with Gasteiger partial charge in [0.15, 0.2) is 0 Å². The highest BCUT2D eigenvalue weighted by Gasteiger charge is 2.11. The van der Waals surface area contributed by atoms with E-state index < -0.39 is 17.7 Å². The average Bonchev–Trinajstić information content (AvgIpc) is 2.27. The molecule has 0 aliphatic rings. The van der Waals surface area contributed by atoms with Gasteiger partial charge in [-0.2, -0.15) is 5.26 Å². The lowest BCUT2D eigenvalue weighted by molar-refractivity contribution is -0.138. The van der Waals surface area contributed by atoms with Crippen molar-refractivity contribution in [3.05, 3.63) is 29.6 Å². The maximum atomic E-state index is 13.1. The number of carbonyl (C=O) groups is 2. The third kappa shape index (κ3) is 3.57. The van der Waals surface area contributed by atoms with Crippen LogP contribution in [0.25, 0.3) is 0 Å². The first-order chi connectivity index (χ1) is 8.04. The van der Waals surface area contributed by atoms with Crippen LogP contribution in [0.1, 0.15) is 18.4 Å². The molecule has 0 atom stereocenters. The summed E-state index contributed by atoms with van der Waals surface area (Å²) in [4.78, 5) is 21.5. The van der Waals surface area contributed by atoms with Gasteiger partial charge in [0, 0.05) is 6.42 Å². The molecule has 0 bridgehead atoms. The summed E-state index contributed by atoms with van der Waals surface area (Å²) >= 11 is 0. The van der Waals surface area contributed by atoms with Gasteiger partial charge in [-0.25, -0.2) is 4.39 Å². The van der Waals surface area contributed by atoms with Crippen molar-refractivity contribution in [3.63, 3.8) is 0 Å². The Kier molecular flexibility index (Phi) is 4.17. The van der Waals surface area contributed by atoms with Crippen LogP contribution in [0, 0.1) is 17.1 Å². The number of rotatable bonds is 4. The first kappa shape index (κ1) is 12.6. The predicted molar refractivity (Wildman–Crippen MR) is 56.6 cm³/mol. The molecule has 0 heterocycles. The molecule has 0 spiro atoms. The van der Waals surface area contributed by atoms with E-state index >= 15 is 0 Å². The normalized spacial score (nSPS) is 9.41. The van der Waals surface area contributed by atoms with E-state index in [0.717, 1.165) is 6.07 Å². The summed E-state index contributed by atoms with van der Waals surface area (Å²) in [5.41, 5.74) is -0.223. The Morgan fingerprint density at radius 2 is 2.12 bits per heavy atom. The molecular weight excluding hydrogens is 227 g/mol. The summed E-state index contributed by atoms with van der Waals surface area (Å²) in [6, 6.07) is 5.46. The van der Waals surface area contributed by atoms with Gasteiger partial charge in [-0.15, -0.1) is 0 Å². The standard InChI is InChI=1S/C11H9FN2O3/c12-8-2-1-3-9(7(8)6-13)14-10(15)4-5-11(16)17/h1-3H,4-5H2,(H,14,15)(H,16,17). The van der Waals surface area contributed by atoms with E-state index in [9.17, 15) is 14.0 Å². The third-order valence-corrected chi connectivity index (χ3v) is 1.97. The minimum absolute atomic E-state index is 0.0443. The fourth-order valence-electron chi connectivity index (χ4n) is 1.18. The largest absolute Gasteiger partial charge is 0.481 e. The number of hydrogen-bond acceptors (Lipinski definition) is 3. The Hall–Kier alpha value is -2.42. The van der Waals surface area contributed by atoms with Crippen LogP contribution >= 0.6 is 0 Å². The van der Waals surface area contributed by atoms with Crippen LogP contribution in [0.15, 0.2) is 18.2 Å². The zero-order chi connectivity index (χ0) is 12.8. The Labute approximate surface area is 96.5 Å². The highest BCUT2D eigenvalue weighted by Crippen LogP contribution is 2.17. The molecule has 1 aromatic carbocycles. The number of hydrogen-bond donors (Lipinski definition) is 2. The quantitative estimate of drug-likeness (QED) is 0.828. The van der Waals surface area contributed by atoms with Crippen LogP contribution in [0.2, 0.25) is 0 Å². The zero-order valence-electron chi connectivity index (χ0n) is 8.74. The molecule has 0 radical (unpaired) electrons. The first-order valence-electron chi connectivity index (χ1n) is 4.75. The maximum Gasteiger partial charge on any atom is 0.303 e. The second-order valence-electron chi connectivity index (χ2n) is 3.22. The molecule has 0 aliphatic heterocycles. The van der Waals surface area contributed by atoms with Gasteiger partial charge in [-0.05, 0) is 12.1 Å². The molecule has 0 aliphatic carbocycles. The van der Waals surface area contributed by atoms with Crippen molar-refractivity contribution in [1.82, 2.24) is 0 Å². The number of nitrogens with one attached hydrogen (secondary N) is 1. The van der Waals surface area contributed by atoms with Gasteiger partial charge in [0.25, 0.3) is 0 Å². The minimum Gasteiger partial charge on any atom is -0.481 e. The summed E-state index contributed by atoms with van der Waals surface area (Å²) in [5.74, 6) is -2.40. The Balaban J connectivity index is 2.75. The van der Waals surface area contributed by atoms with Crippen molar-refractivity contribution >= 4 is 17.6 Å². The van der Waals surface area contributed by atoms with Crippen LogP contribution in [-0.2, 0) is 9.59 Å². The second-order valence-corrected chi connectivity index (χ2v) is 3.22. The van der Waals surface area contributed by atoms with Crippen molar-refractivity contribution in [1.29, 1.82) is 5.26 Å². The zero-order valence-corrected chi connectivity index (χ0v) is 8.74. The number of nitrogens with zero attached hydrogens (tertiary/aromatic N) is 1. The summed E-state index contributed by atoms with van der Waals surface area (Å²) < 4.78 is 13.1. The lowest BCUT2D eigenvalue weighted by Crippen LogP contribution is -2.14. The number of nitriles is 1. The third-order valence-electron chi connectivity index (χ3n) is 1.97. The molecule has 5 nitrogen and oxygen atoms in total. The van der Waals surface area contributed by atoms with E-state index in [0.29, 0.717) is 0 Å². The van der Waals surface area contributed by atoms with Crippen LogP contribution in [-0.4, -0.2) is 17.0 Å². The fraction of sp³-hybridized carbons (Fsp3) is 0.182. The van der Waals surface area contributed by atoms with Crippen molar-refractivity contribution in [3.8, 4) is 6.07 Å². The monoisotopic (exact) mass is 236 g/mol. The molecule has 2 N–H and O–H groups in total. The summed E-state index contributed by atoms with van der Waals surface area (Å²) in [6.45, 7) is 0.